The fourth-order valence-corrected chi connectivity index (χ4v) is 2.05. The molecule has 72 valence electrons. The molecule has 0 radical (unpaired) electrons. The smallest absolute Gasteiger partial charge is 0.141 e. The third-order valence-electron chi connectivity index (χ3n) is 2.04. The molecule has 3 heteroatoms. The van der Waals surface area contributed by atoms with E-state index in [-0.39, 0.29) is 0 Å². The van der Waals surface area contributed by atoms with E-state index in [0.717, 1.165) is 11.3 Å². The van der Waals surface area contributed by atoms with E-state index < -0.39 is 0 Å². The number of methoxy groups -OCH3 is 1. The molecule has 0 fully saturated rings. The first-order valence-corrected chi connectivity index (χ1v) is 5.16. The van der Waals surface area contributed by atoms with Gasteiger partial charge in [-0.3, -0.25) is 0 Å². The Morgan fingerprint density at radius 3 is 2.71 bits per heavy atom. The molecule has 0 aliphatic rings. The highest BCUT2D eigenvalue weighted by molar-refractivity contribution is 7.13. The number of ether oxygens (including phenoxy) is 1. The van der Waals surface area contributed by atoms with Crippen molar-refractivity contribution in [3.8, 4) is 16.2 Å². The Morgan fingerprint density at radius 2 is 2.14 bits per heavy atom. The average Bonchev–Trinajstić information content (AvgIpc) is 2.70. The van der Waals surface area contributed by atoms with Gasteiger partial charge in [0.25, 0.3) is 0 Å². The molecule has 2 nitrogen and oxygen atoms in total. The predicted molar refractivity (Wildman–Crippen MR) is 60.7 cm³/mol. The van der Waals surface area contributed by atoms with Gasteiger partial charge >= 0.3 is 0 Å². The van der Waals surface area contributed by atoms with Crippen LogP contribution in [0.5, 0.6) is 5.75 Å². The zero-order valence-corrected chi connectivity index (χ0v) is 8.67. The first-order valence-electron chi connectivity index (χ1n) is 4.28. The van der Waals surface area contributed by atoms with Crippen molar-refractivity contribution in [2.24, 2.45) is 0 Å². The number of benzene rings is 1. The highest BCUT2D eigenvalue weighted by Crippen LogP contribution is 2.30. The Hall–Kier alpha value is -1.48. The number of hydrogen-bond acceptors (Lipinski definition) is 3. The van der Waals surface area contributed by atoms with Crippen molar-refractivity contribution in [1.82, 2.24) is 0 Å². The number of nitrogens with two attached hydrogens (primary N) is 1. The summed E-state index contributed by atoms with van der Waals surface area (Å²) in [5, 5.41) is 2.05. The summed E-state index contributed by atoms with van der Waals surface area (Å²) in [6, 6.07) is 9.95. The molecule has 0 saturated heterocycles. The van der Waals surface area contributed by atoms with Crippen LogP contribution < -0.4 is 10.5 Å². The summed E-state index contributed by atoms with van der Waals surface area (Å²) >= 11 is 1.70. The quantitative estimate of drug-likeness (QED) is 0.765. The molecule has 0 spiro atoms. The molecule has 0 unspecified atom stereocenters. The molecule has 1 aromatic heterocycles. The molecule has 0 aliphatic carbocycles. The van der Waals surface area contributed by atoms with E-state index in [9.17, 15) is 0 Å². The summed E-state index contributed by atoms with van der Waals surface area (Å²) in [5.74, 6) is 0.727. The zero-order valence-electron chi connectivity index (χ0n) is 7.86. The van der Waals surface area contributed by atoms with E-state index in [0.29, 0.717) is 5.69 Å². The Kier molecular flexibility index (Phi) is 2.41. The van der Waals surface area contributed by atoms with E-state index in [4.69, 9.17) is 10.5 Å². The number of hydrogen-bond donors (Lipinski definition) is 1. The number of rotatable bonds is 2. The van der Waals surface area contributed by atoms with Gasteiger partial charge in [0.1, 0.15) is 5.75 Å². The topological polar surface area (TPSA) is 35.2 Å². The van der Waals surface area contributed by atoms with Crippen LogP contribution in [0.25, 0.3) is 10.4 Å². The first-order chi connectivity index (χ1) is 6.81. The molecule has 2 aromatic rings. The largest absolute Gasteiger partial charge is 0.495 e. The van der Waals surface area contributed by atoms with Gasteiger partial charge in [0.05, 0.1) is 12.8 Å². The third kappa shape index (κ3) is 1.59. The van der Waals surface area contributed by atoms with Crippen molar-refractivity contribution >= 4 is 17.0 Å². The van der Waals surface area contributed by atoms with Crippen molar-refractivity contribution in [3.63, 3.8) is 0 Å². The lowest BCUT2D eigenvalue weighted by Crippen LogP contribution is -1.91. The average molecular weight is 205 g/mol. The molecule has 0 amide bonds. The van der Waals surface area contributed by atoms with Crippen molar-refractivity contribution in [3.05, 3.63) is 35.7 Å². The van der Waals surface area contributed by atoms with E-state index in [1.165, 1.54) is 4.88 Å². The molecule has 0 atom stereocenters. The van der Waals surface area contributed by atoms with E-state index in [1.807, 2.05) is 24.3 Å². The maximum absolute atomic E-state index is 5.82. The van der Waals surface area contributed by atoms with Gasteiger partial charge in [-0.05, 0) is 35.2 Å². The van der Waals surface area contributed by atoms with Gasteiger partial charge in [-0.2, -0.15) is 0 Å². The normalized spacial score (nSPS) is 10.1. The van der Waals surface area contributed by atoms with Crippen LogP contribution in [-0.4, -0.2) is 7.11 Å². The highest BCUT2D eigenvalue weighted by Gasteiger charge is 2.02. The van der Waals surface area contributed by atoms with Crippen molar-refractivity contribution < 1.29 is 4.74 Å². The minimum absolute atomic E-state index is 0.679. The van der Waals surface area contributed by atoms with Crippen LogP contribution in [0.4, 0.5) is 5.69 Å². The van der Waals surface area contributed by atoms with Gasteiger partial charge in [0, 0.05) is 4.88 Å². The standard InChI is InChI=1S/C11H11NOS/c1-13-10-5-4-8(7-9(10)12)11-3-2-6-14-11/h2-7H,12H2,1H3. The second kappa shape index (κ2) is 3.72. The summed E-state index contributed by atoms with van der Waals surface area (Å²) in [6.45, 7) is 0. The van der Waals surface area contributed by atoms with Crippen LogP contribution in [0.2, 0.25) is 0 Å². The fraction of sp³-hybridized carbons (Fsp3) is 0.0909. The van der Waals surface area contributed by atoms with Crippen LogP contribution in [0.1, 0.15) is 0 Å². The summed E-state index contributed by atoms with van der Waals surface area (Å²) in [6.07, 6.45) is 0. The minimum Gasteiger partial charge on any atom is -0.495 e. The number of nitrogen functional groups attached to an aromatic ring is 1. The highest BCUT2D eigenvalue weighted by atomic mass is 32.1. The number of thiophene rings is 1. The molecule has 0 bridgehead atoms. The monoisotopic (exact) mass is 205 g/mol. The van der Waals surface area contributed by atoms with Crippen LogP contribution in [-0.2, 0) is 0 Å². The summed E-state index contributed by atoms with van der Waals surface area (Å²) in [5.41, 5.74) is 7.63. The van der Waals surface area contributed by atoms with Crippen LogP contribution >= 0.6 is 11.3 Å². The summed E-state index contributed by atoms with van der Waals surface area (Å²) in [4.78, 5) is 1.22. The van der Waals surface area contributed by atoms with Gasteiger partial charge < -0.3 is 10.5 Å². The van der Waals surface area contributed by atoms with Crippen LogP contribution in [0.3, 0.4) is 0 Å². The molecule has 1 heterocycles. The first kappa shape index (κ1) is 9.09. The van der Waals surface area contributed by atoms with Crippen molar-refractivity contribution in [2.45, 2.75) is 0 Å². The zero-order chi connectivity index (χ0) is 9.97. The molecule has 0 saturated carbocycles. The maximum Gasteiger partial charge on any atom is 0.141 e. The van der Waals surface area contributed by atoms with Gasteiger partial charge in [-0.1, -0.05) is 6.07 Å². The lowest BCUT2D eigenvalue weighted by molar-refractivity contribution is 0.417. The Morgan fingerprint density at radius 1 is 1.29 bits per heavy atom. The molecule has 2 rings (SSSR count). The molecule has 1 aromatic carbocycles. The molecule has 14 heavy (non-hydrogen) atoms. The van der Waals surface area contributed by atoms with Gasteiger partial charge in [0.15, 0.2) is 0 Å². The Balaban J connectivity index is 2.43. The fourth-order valence-electron chi connectivity index (χ4n) is 1.33. The van der Waals surface area contributed by atoms with E-state index in [1.54, 1.807) is 18.4 Å². The van der Waals surface area contributed by atoms with E-state index >= 15 is 0 Å². The van der Waals surface area contributed by atoms with Crippen molar-refractivity contribution in [2.75, 3.05) is 12.8 Å². The van der Waals surface area contributed by atoms with Crippen LogP contribution in [0.15, 0.2) is 35.7 Å². The van der Waals surface area contributed by atoms with Gasteiger partial charge in [0.2, 0.25) is 0 Å². The van der Waals surface area contributed by atoms with Gasteiger partial charge in [-0.15, -0.1) is 11.3 Å². The minimum atomic E-state index is 0.679. The van der Waals surface area contributed by atoms with Crippen LogP contribution in [0, 0.1) is 0 Å². The third-order valence-corrected chi connectivity index (χ3v) is 2.95. The molecular weight excluding hydrogens is 194 g/mol. The summed E-state index contributed by atoms with van der Waals surface area (Å²) < 4.78 is 5.10. The SMILES string of the molecule is COc1ccc(-c2cccs2)cc1N. The predicted octanol–water partition coefficient (Wildman–Crippen LogP) is 3.01. The lowest BCUT2D eigenvalue weighted by atomic mass is 10.1. The molecular formula is C11H11NOS. The molecule has 2 N–H and O–H groups in total. The maximum atomic E-state index is 5.82. The second-order valence-electron chi connectivity index (χ2n) is 2.93. The second-order valence-corrected chi connectivity index (χ2v) is 3.88. The van der Waals surface area contributed by atoms with Crippen molar-refractivity contribution in [1.29, 1.82) is 0 Å². The lowest BCUT2D eigenvalue weighted by Gasteiger charge is -2.05. The Bertz CT molecular complexity index is 423. The summed E-state index contributed by atoms with van der Waals surface area (Å²) in [7, 11) is 1.62. The van der Waals surface area contributed by atoms with E-state index in [2.05, 4.69) is 11.4 Å². The number of anilines is 1. The Labute approximate surface area is 86.9 Å². The molecule has 0 aliphatic heterocycles. The van der Waals surface area contributed by atoms with Gasteiger partial charge in [-0.25, -0.2) is 0 Å².